The first-order valence-corrected chi connectivity index (χ1v) is 14.1. The molecule has 2 atom stereocenters. The van der Waals surface area contributed by atoms with Crippen molar-refractivity contribution in [3.05, 3.63) is 124 Å². The molecule has 6 rings (SSSR count). The van der Waals surface area contributed by atoms with Crippen molar-refractivity contribution in [1.29, 1.82) is 0 Å². The Balaban J connectivity index is 1.48. The van der Waals surface area contributed by atoms with Crippen LogP contribution in [0.1, 0.15) is 83.1 Å². The van der Waals surface area contributed by atoms with E-state index in [-0.39, 0.29) is 23.7 Å². The second kappa shape index (κ2) is 10.5. The summed E-state index contributed by atoms with van der Waals surface area (Å²) in [6.07, 6.45) is 2.84. The molecule has 0 saturated heterocycles. The minimum atomic E-state index is -0.310. The highest BCUT2D eigenvalue weighted by Crippen LogP contribution is 2.50. The van der Waals surface area contributed by atoms with Crippen molar-refractivity contribution in [2.24, 2.45) is 0 Å². The van der Waals surface area contributed by atoms with Gasteiger partial charge in [-0.15, -0.1) is 0 Å². The van der Waals surface area contributed by atoms with Crippen LogP contribution in [0, 0.1) is 0 Å². The molecular weight excluding hydrogens is 480 g/mol. The van der Waals surface area contributed by atoms with E-state index >= 15 is 0 Å². The minimum Gasteiger partial charge on any atom is -0.355 e. The lowest BCUT2D eigenvalue weighted by Crippen LogP contribution is -2.29. The van der Waals surface area contributed by atoms with Crippen molar-refractivity contribution < 1.29 is 9.59 Å². The Morgan fingerprint density at radius 3 is 2.31 bits per heavy atom. The van der Waals surface area contributed by atoms with E-state index in [1.54, 1.807) is 0 Å². The topological polar surface area (TPSA) is 49.4 Å². The largest absolute Gasteiger partial charge is 0.355 e. The lowest BCUT2D eigenvalue weighted by molar-refractivity contribution is -0.121. The molecule has 1 aliphatic heterocycles. The smallest absolute Gasteiger partial charge is 0.258 e. The fourth-order valence-electron chi connectivity index (χ4n) is 6.45. The minimum absolute atomic E-state index is 0.0598. The summed E-state index contributed by atoms with van der Waals surface area (Å²) in [5.41, 5.74) is 9.67. The number of carbonyl (C=O) groups is 2. The zero-order valence-electron chi connectivity index (χ0n) is 22.6. The molecule has 2 unspecified atom stereocenters. The Hall–Kier alpha value is -4.18. The number of nitrogens with one attached hydrogen (secondary N) is 1. The fourth-order valence-corrected chi connectivity index (χ4v) is 6.45. The number of rotatable bonds is 8. The van der Waals surface area contributed by atoms with Gasteiger partial charge in [0, 0.05) is 23.7 Å². The van der Waals surface area contributed by atoms with Crippen LogP contribution in [0.2, 0.25) is 0 Å². The number of carbonyl (C=O) groups excluding carboxylic acids is 2. The zero-order valence-corrected chi connectivity index (χ0v) is 22.6. The number of hydrogen-bond acceptors (Lipinski definition) is 2. The summed E-state index contributed by atoms with van der Waals surface area (Å²) < 4.78 is 0. The van der Waals surface area contributed by atoms with E-state index in [1.165, 1.54) is 11.1 Å². The lowest BCUT2D eigenvalue weighted by atomic mass is 9.81. The van der Waals surface area contributed by atoms with E-state index in [1.807, 2.05) is 41.3 Å². The van der Waals surface area contributed by atoms with Crippen LogP contribution in [-0.2, 0) is 11.3 Å². The van der Waals surface area contributed by atoms with E-state index in [2.05, 4.69) is 73.8 Å². The van der Waals surface area contributed by atoms with Gasteiger partial charge in [0.1, 0.15) is 0 Å². The van der Waals surface area contributed by atoms with Crippen molar-refractivity contribution in [3.63, 3.8) is 0 Å². The Morgan fingerprint density at radius 1 is 0.821 bits per heavy atom. The van der Waals surface area contributed by atoms with Crippen LogP contribution < -0.4 is 10.2 Å². The molecule has 0 radical (unpaired) electrons. The van der Waals surface area contributed by atoms with E-state index in [0.29, 0.717) is 13.1 Å². The standard InChI is InChI=1S/C35H34N2O2/c1-3-12-25(26-15-9-10-20-31(26)37-22-23-13-5-6-14-24(23)35(37)39)27-18-11-19-30-32(27)28-16-7-8-17-29(28)33(30)34(38)36-21-4-2/h5-11,13-20,25,33H,3-4,12,21-22H2,1-2H3,(H,36,38). The fraction of sp³-hybridized carbons (Fsp3) is 0.257. The third-order valence-corrected chi connectivity index (χ3v) is 8.17. The van der Waals surface area contributed by atoms with Gasteiger partial charge in [0.25, 0.3) is 5.91 Å². The number of hydrogen-bond donors (Lipinski definition) is 1. The maximum atomic E-state index is 13.5. The van der Waals surface area contributed by atoms with E-state index < -0.39 is 0 Å². The van der Waals surface area contributed by atoms with Crippen LogP contribution in [0.25, 0.3) is 11.1 Å². The van der Waals surface area contributed by atoms with Gasteiger partial charge in [-0.05, 0) is 63.9 Å². The van der Waals surface area contributed by atoms with Crippen molar-refractivity contribution >= 4 is 17.5 Å². The average molecular weight is 515 g/mol. The van der Waals surface area contributed by atoms with Crippen molar-refractivity contribution in [2.75, 3.05) is 11.4 Å². The molecule has 0 saturated carbocycles. The first-order chi connectivity index (χ1) is 19.1. The van der Waals surface area contributed by atoms with Gasteiger partial charge in [-0.2, -0.15) is 0 Å². The number of nitrogens with zero attached hydrogens (tertiary/aromatic N) is 1. The molecule has 0 fully saturated rings. The summed E-state index contributed by atoms with van der Waals surface area (Å²) in [5, 5.41) is 3.14. The average Bonchev–Trinajstić information content (AvgIpc) is 3.50. The van der Waals surface area contributed by atoms with E-state index in [0.717, 1.165) is 58.3 Å². The van der Waals surface area contributed by atoms with Gasteiger partial charge >= 0.3 is 0 Å². The predicted octanol–water partition coefficient (Wildman–Crippen LogP) is 7.42. The SMILES string of the molecule is CCCNC(=O)C1c2ccccc2-c2c(C(CCC)c3ccccc3N3Cc4ccccc4C3=O)cccc21. The van der Waals surface area contributed by atoms with Crippen molar-refractivity contribution in [3.8, 4) is 11.1 Å². The van der Waals surface area contributed by atoms with E-state index in [9.17, 15) is 9.59 Å². The number of amides is 2. The molecule has 39 heavy (non-hydrogen) atoms. The number of fused-ring (bicyclic) bond motifs is 4. The van der Waals surface area contributed by atoms with E-state index in [4.69, 9.17) is 0 Å². The molecule has 196 valence electrons. The third kappa shape index (κ3) is 4.24. The summed E-state index contributed by atoms with van der Waals surface area (Å²) in [7, 11) is 0. The van der Waals surface area contributed by atoms with Gasteiger partial charge in [-0.25, -0.2) is 0 Å². The second-order valence-corrected chi connectivity index (χ2v) is 10.6. The van der Waals surface area contributed by atoms with Gasteiger partial charge in [0.2, 0.25) is 5.91 Å². The highest BCUT2D eigenvalue weighted by atomic mass is 16.2. The van der Waals surface area contributed by atoms with Crippen LogP contribution in [-0.4, -0.2) is 18.4 Å². The summed E-state index contributed by atoms with van der Waals surface area (Å²) in [6.45, 7) is 5.54. The molecule has 4 aromatic carbocycles. The molecule has 0 spiro atoms. The summed E-state index contributed by atoms with van der Waals surface area (Å²) in [6, 6.07) is 31.0. The molecule has 1 N–H and O–H groups in total. The highest BCUT2D eigenvalue weighted by Gasteiger charge is 2.37. The summed E-state index contributed by atoms with van der Waals surface area (Å²) in [4.78, 5) is 28.9. The summed E-state index contributed by atoms with van der Waals surface area (Å²) in [5.74, 6) is -0.101. The van der Waals surface area contributed by atoms with Crippen LogP contribution in [0.5, 0.6) is 0 Å². The van der Waals surface area contributed by atoms with Crippen LogP contribution in [0.3, 0.4) is 0 Å². The molecule has 0 bridgehead atoms. The Kier molecular flexibility index (Phi) is 6.78. The Bertz CT molecular complexity index is 1560. The van der Waals surface area contributed by atoms with Crippen LogP contribution in [0.15, 0.2) is 91.0 Å². The van der Waals surface area contributed by atoms with Crippen molar-refractivity contribution in [2.45, 2.75) is 51.5 Å². The van der Waals surface area contributed by atoms with Gasteiger partial charge in [-0.1, -0.05) is 99.1 Å². The zero-order chi connectivity index (χ0) is 26.9. The molecule has 1 heterocycles. The Labute approximate surface area is 230 Å². The van der Waals surface area contributed by atoms with Gasteiger partial charge in [-0.3, -0.25) is 9.59 Å². The van der Waals surface area contributed by atoms with Gasteiger partial charge < -0.3 is 10.2 Å². The Morgan fingerprint density at radius 2 is 1.51 bits per heavy atom. The maximum absolute atomic E-state index is 13.5. The maximum Gasteiger partial charge on any atom is 0.258 e. The summed E-state index contributed by atoms with van der Waals surface area (Å²) >= 11 is 0. The monoisotopic (exact) mass is 514 g/mol. The molecule has 4 aromatic rings. The second-order valence-electron chi connectivity index (χ2n) is 10.6. The predicted molar refractivity (Wildman–Crippen MR) is 157 cm³/mol. The molecular formula is C35H34N2O2. The quantitative estimate of drug-likeness (QED) is 0.266. The molecule has 4 heteroatoms. The normalized spacial score (nSPS) is 16.0. The van der Waals surface area contributed by atoms with Crippen molar-refractivity contribution in [1.82, 2.24) is 5.32 Å². The highest BCUT2D eigenvalue weighted by molar-refractivity contribution is 6.10. The first kappa shape index (κ1) is 25.1. The van der Waals surface area contributed by atoms with Gasteiger partial charge in [0.05, 0.1) is 12.5 Å². The molecule has 0 aromatic heterocycles. The number of benzene rings is 4. The van der Waals surface area contributed by atoms with Crippen LogP contribution >= 0.6 is 0 Å². The number of anilines is 1. The molecule has 2 amide bonds. The molecule has 1 aliphatic carbocycles. The first-order valence-electron chi connectivity index (χ1n) is 14.1. The molecule has 2 aliphatic rings. The molecule has 4 nitrogen and oxygen atoms in total. The third-order valence-electron chi connectivity index (χ3n) is 8.17. The van der Waals surface area contributed by atoms with Gasteiger partial charge in [0.15, 0.2) is 0 Å². The van der Waals surface area contributed by atoms with Crippen LogP contribution in [0.4, 0.5) is 5.69 Å². The number of para-hydroxylation sites is 1. The lowest BCUT2D eigenvalue weighted by Gasteiger charge is -2.27.